The number of alkyl halides is 3. The van der Waals surface area contributed by atoms with Crippen molar-refractivity contribution < 1.29 is 21.6 Å². The Kier molecular flexibility index (Phi) is 5.21. The average Bonchev–Trinajstić information content (AvgIpc) is 2.75. The summed E-state index contributed by atoms with van der Waals surface area (Å²) in [7, 11) is -4.20. The molecule has 132 valence electrons. The number of rotatable bonds is 5. The molecule has 0 aliphatic heterocycles. The highest BCUT2D eigenvalue weighted by Crippen LogP contribution is 2.36. The molecule has 0 atom stereocenters. The molecule has 24 heavy (non-hydrogen) atoms. The summed E-state index contributed by atoms with van der Waals surface area (Å²) < 4.78 is 61.9. The number of primary sulfonamides is 1. The van der Waals surface area contributed by atoms with Crippen molar-refractivity contribution in [1.82, 2.24) is 4.98 Å². The molecule has 2 aromatic rings. The maximum absolute atomic E-state index is 13.2. The van der Waals surface area contributed by atoms with Gasteiger partial charge >= 0.3 is 6.18 Å². The second kappa shape index (κ2) is 6.69. The van der Waals surface area contributed by atoms with Crippen molar-refractivity contribution in [1.29, 1.82) is 0 Å². The highest BCUT2D eigenvalue weighted by molar-refractivity contribution is 7.89. The summed E-state index contributed by atoms with van der Waals surface area (Å²) in [5.74, 6) is 0. The van der Waals surface area contributed by atoms with Gasteiger partial charge in [0.15, 0.2) is 0 Å². The first-order valence-corrected chi connectivity index (χ1v) is 9.25. The van der Waals surface area contributed by atoms with Gasteiger partial charge in [-0.2, -0.15) is 13.2 Å². The van der Waals surface area contributed by atoms with E-state index in [2.05, 4.69) is 10.3 Å². The summed E-state index contributed by atoms with van der Waals surface area (Å²) >= 11 is 1.50. The molecule has 1 heterocycles. The Morgan fingerprint density at radius 2 is 1.96 bits per heavy atom. The Hall–Kier alpha value is -1.65. The number of hydrogen-bond donors (Lipinski definition) is 2. The monoisotopic (exact) mass is 379 g/mol. The van der Waals surface area contributed by atoms with Crippen LogP contribution in [0.3, 0.4) is 0 Å². The zero-order valence-corrected chi connectivity index (χ0v) is 14.6. The van der Waals surface area contributed by atoms with E-state index in [1.807, 2.05) is 13.8 Å². The van der Waals surface area contributed by atoms with E-state index in [9.17, 15) is 21.6 Å². The molecule has 0 aliphatic carbocycles. The van der Waals surface area contributed by atoms with E-state index in [0.717, 1.165) is 27.7 Å². The van der Waals surface area contributed by atoms with Gasteiger partial charge in [-0.05, 0) is 32.0 Å². The van der Waals surface area contributed by atoms with Gasteiger partial charge in [-0.25, -0.2) is 18.5 Å². The first kappa shape index (κ1) is 18.7. The molecule has 10 heteroatoms. The lowest BCUT2D eigenvalue weighted by Crippen LogP contribution is -2.17. The molecule has 3 N–H and O–H groups in total. The lowest BCUT2D eigenvalue weighted by atomic mass is 10.1. The quantitative estimate of drug-likeness (QED) is 0.836. The van der Waals surface area contributed by atoms with Crippen LogP contribution in [-0.4, -0.2) is 19.9 Å². The lowest BCUT2D eigenvalue weighted by Gasteiger charge is -2.15. The summed E-state index contributed by atoms with van der Waals surface area (Å²) in [5, 5.41) is 8.50. The fraction of sp³-hybridized carbons (Fsp3) is 0.357. The Bertz CT molecular complexity index is 845. The van der Waals surface area contributed by atoms with Crippen LogP contribution < -0.4 is 10.5 Å². The van der Waals surface area contributed by atoms with Crippen LogP contribution >= 0.6 is 11.3 Å². The van der Waals surface area contributed by atoms with Gasteiger partial charge in [0.1, 0.15) is 0 Å². The van der Waals surface area contributed by atoms with Crippen LogP contribution in [0.15, 0.2) is 23.1 Å². The number of aryl methyl sites for hydroxylation is 2. The molecule has 2 rings (SSSR count). The van der Waals surface area contributed by atoms with Crippen molar-refractivity contribution in [2.45, 2.75) is 31.3 Å². The molecule has 0 aliphatic rings. The standard InChI is InChI=1S/C14H16F3N3O2S2/c1-8-13(23-9(2)20-8)5-6-19-12-4-3-10(24(18,21)22)7-11(12)14(15,16)17/h3-4,7,19H,5-6H2,1-2H3,(H2,18,21,22). The van der Waals surface area contributed by atoms with E-state index in [4.69, 9.17) is 5.14 Å². The van der Waals surface area contributed by atoms with Crippen LogP contribution in [0.1, 0.15) is 21.1 Å². The van der Waals surface area contributed by atoms with Crippen molar-refractivity contribution in [2.24, 2.45) is 5.14 Å². The van der Waals surface area contributed by atoms with Gasteiger partial charge in [0, 0.05) is 23.5 Å². The van der Waals surface area contributed by atoms with Crippen molar-refractivity contribution in [3.05, 3.63) is 39.3 Å². The molecule has 0 saturated carbocycles. The Morgan fingerprint density at radius 3 is 2.46 bits per heavy atom. The maximum atomic E-state index is 13.2. The molecular formula is C14H16F3N3O2S2. The zero-order valence-electron chi connectivity index (χ0n) is 12.9. The molecule has 0 fully saturated rings. The highest BCUT2D eigenvalue weighted by Gasteiger charge is 2.34. The highest BCUT2D eigenvalue weighted by atomic mass is 32.2. The number of anilines is 1. The molecule has 0 unspecified atom stereocenters. The third-order valence-corrected chi connectivity index (χ3v) is 5.34. The van der Waals surface area contributed by atoms with Crippen LogP contribution in [0.4, 0.5) is 18.9 Å². The van der Waals surface area contributed by atoms with E-state index in [0.29, 0.717) is 12.5 Å². The van der Waals surface area contributed by atoms with Crippen LogP contribution in [0.2, 0.25) is 0 Å². The smallest absolute Gasteiger partial charge is 0.384 e. The molecule has 0 amide bonds. The van der Waals surface area contributed by atoms with Gasteiger partial charge in [-0.3, -0.25) is 0 Å². The number of halogens is 3. The average molecular weight is 379 g/mol. The van der Waals surface area contributed by atoms with Gasteiger partial charge < -0.3 is 5.32 Å². The molecule has 5 nitrogen and oxygen atoms in total. The summed E-state index contributed by atoms with van der Waals surface area (Å²) in [6.45, 7) is 3.98. The number of aromatic nitrogens is 1. The molecule has 0 radical (unpaired) electrons. The molecule has 1 aromatic heterocycles. The van der Waals surface area contributed by atoms with Crippen LogP contribution in [0.25, 0.3) is 0 Å². The van der Waals surface area contributed by atoms with Crippen molar-refractivity contribution in [3.8, 4) is 0 Å². The fourth-order valence-electron chi connectivity index (χ4n) is 2.21. The van der Waals surface area contributed by atoms with Gasteiger partial charge in [-0.15, -0.1) is 11.3 Å². The minimum atomic E-state index is -4.69. The van der Waals surface area contributed by atoms with Crippen molar-refractivity contribution in [2.75, 3.05) is 11.9 Å². The number of nitrogens with two attached hydrogens (primary N) is 1. The first-order chi connectivity index (χ1) is 11.0. The number of nitrogens with zero attached hydrogens (tertiary/aromatic N) is 1. The minimum Gasteiger partial charge on any atom is -0.384 e. The second-order valence-corrected chi connectivity index (χ2v) is 8.02. The Labute approximate surface area is 141 Å². The molecular weight excluding hydrogens is 363 g/mol. The van der Waals surface area contributed by atoms with Gasteiger partial charge in [0.25, 0.3) is 0 Å². The third-order valence-electron chi connectivity index (χ3n) is 3.29. The van der Waals surface area contributed by atoms with Crippen LogP contribution in [0, 0.1) is 13.8 Å². The van der Waals surface area contributed by atoms with Crippen LogP contribution in [0.5, 0.6) is 0 Å². The predicted molar refractivity (Wildman–Crippen MR) is 86.6 cm³/mol. The maximum Gasteiger partial charge on any atom is 0.418 e. The normalized spacial score (nSPS) is 12.4. The van der Waals surface area contributed by atoms with Crippen molar-refractivity contribution >= 4 is 27.0 Å². The lowest BCUT2D eigenvalue weighted by molar-refractivity contribution is -0.137. The largest absolute Gasteiger partial charge is 0.418 e. The van der Waals surface area contributed by atoms with Crippen LogP contribution in [-0.2, 0) is 22.6 Å². The number of sulfonamides is 1. The van der Waals surface area contributed by atoms with E-state index in [1.54, 1.807) is 0 Å². The SMILES string of the molecule is Cc1nc(C)c(CCNc2ccc(S(N)(=O)=O)cc2C(F)(F)F)s1. The summed E-state index contributed by atoms with van der Waals surface area (Å²) in [4.78, 5) is 4.68. The predicted octanol–water partition coefficient (Wildman–Crippen LogP) is 3.08. The molecule has 0 saturated heterocycles. The number of benzene rings is 1. The summed E-state index contributed by atoms with van der Waals surface area (Å²) in [5.41, 5.74) is -0.389. The molecule has 1 aromatic carbocycles. The summed E-state index contributed by atoms with van der Waals surface area (Å²) in [6, 6.07) is 2.67. The van der Waals surface area contributed by atoms with Gasteiger partial charge in [0.2, 0.25) is 10.0 Å². The number of thiazole rings is 1. The number of nitrogens with one attached hydrogen (secondary N) is 1. The molecule has 0 spiro atoms. The Balaban J connectivity index is 2.22. The third kappa shape index (κ3) is 4.46. The number of hydrogen-bond acceptors (Lipinski definition) is 5. The van der Waals surface area contributed by atoms with Gasteiger partial charge in [0.05, 0.1) is 21.2 Å². The zero-order chi connectivity index (χ0) is 18.1. The minimum absolute atomic E-state index is 0.186. The van der Waals surface area contributed by atoms with E-state index in [1.165, 1.54) is 11.3 Å². The topological polar surface area (TPSA) is 85.1 Å². The molecule has 0 bridgehead atoms. The van der Waals surface area contributed by atoms with Crippen molar-refractivity contribution in [3.63, 3.8) is 0 Å². The van der Waals surface area contributed by atoms with E-state index < -0.39 is 26.7 Å². The first-order valence-electron chi connectivity index (χ1n) is 6.89. The van der Waals surface area contributed by atoms with Gasteiger partial charge in [-0.1, -0.05) is 0 Å². The second-order valence-electron chi connectivity index (χ2n) is 5.17. The van der Waals surface area contributed by atoms with E-state index >= 15 is 0 Å². The Morgan fingerprint density at radius 1 is 1.29 bits per heavy atom. The van der Waals surface area contributed by atoms with E-state index in [-0.39, 0.29) is 12.2 Å². The fourth-order valence-corrected chi connectivity index (χ4v) is 3.68. The summed E-state index contributed by atoms with van der Waals surface area (Å²) in [6.07, 6.45) is -4.17.